The van der Waals surface area contributed by atoms with E-state index in [4.69, 9.17) is 5.26 Å². The van der Waals surface area contributed by atoms with E-state index in [-0.39, 0.29) is 0 Å². The van der Waals surface area contributed by atoms with E-state index in [0.717, 1.165) is 27.1 Å². The van der Waals surface area contributed by atoms with Crippen LogP contribution in [0.1, 0.15) is 5.69 Å². The molecule has 0 aromatic carbocycles. The van der Waals surface area contributed by atoms with Gasteiger partial charge in [0.2, 0.25) is 0 Å². The Morgan fingerprint density at radius 1 is 1.21 bits per heavy atom. The van der Waals surface area contributed by atoms with Gasteiger partial charge in [-0.2, -0.15) is 5.26 Å². The van der Waals surface area contributed by atoms with Gasteiger partial charge in [-0.05, 0) is 40.2 Å². The van der Waals surface area contributed by atoms with Gasteiger partial charge in [-0.1, -0.05) is 0 Å². The van der Waals surface area contributed by atoms with Crippen molar-refractivity contribution in [1.29, 1.82) is 5.26 Å². The maximum absolute atomic E-state index is 9.02. The van der Waals surface area contributed by atoms with Gasteiger partial charge in [0, 0.05) is 28.6 Å². The summed E-state index contributed by atoms with van der Waals surface area (Å²) in [7, 11) is 0. The minimum absolute atomic E-state index is 0.315. The highest BCUT2D eigenvalue weighted by Gasteiger charge is 2.13. The van der Waals surface area contributed by atoms with Gasteiger partial charge >= 0.3 is 0 Å². The first-order valence-electron chi connectivity index (χ1n) is 5.73. The fourth-order valence-corrected chi connectivity index (χ4v) is 2.39. The zero-order valence-electron chi connectivity index (χ0n) is 9.92. The topological polar surface area (TPSA) is 54.0 Å². The molecule has 3 aromatic heterocycles. The second kappa shape index (κ2) is 4.82. The molecule has 0 fully saturated rings. The van der Waals surface area contributed by atoms with Crippen LogP contribution in [0.3, 0.4) is 0 Å². The van der Waals surface area contributed by atoms with Crippen molar-refractivity contribution in [1.82, 2.24) is 14.4 Å². The van der Waals surface area contributed by atoms with Crippen molar-refractivity contribution in [2.24, 2.45) is 0 Å². The first-order chi connectivity index (χ1) is 9.29. The van der Waals surface area contributed by atoms with Crippen LogP contribution in [0.2, 0.25) is 0 Å². The molecule has 92 valence electrons. The van der Waals surface area contributed by atoms with E-state index in [9.17, 15) is 0 Å². The highest BCUT2D eigenvalue weighted by atomic mass is 79.9. The van der Waals surface area contributed by atoms with Crippen molar-refractivity contribution in [2.45, 2.75) is 6.42 Å². The first-order valence-corrected chi connectivity index (χ1v) is 6.53. The summed E-state index contributed by atoms with van der Waals surface area (Å²) in [6.45, 7) is 0. The van der Waals surface area contributed by atoms with Crippen LogP contribution < -0.4 is 0 Å². The fraction of sp³-hybridized carbons (Fsp3) is 0.0714. The van der Waals surface area contributed by atoms with Gasteiger partial charge in [0.05, 0.1) is 23.9 Å². The van der Waals surface area contributed by atoms with E-state index in [2.05, 4.69) is 32.0 Å². The zero-order chi connectivity index (χ0) is 13.2. The first kappa shape index (κ1) is 11.9. The summed E-state index contributed by atoms with van der Waals surface area (Å²) in [5, 5.41) is 9.02. The second-order valence-corrected chi connectivity index (χ2v) is 4.97. The lowest BCUT2D eigenvalue weighted by atomic mass is 10.1. The lowest BCUT2D eigenvalue weighted by Gasteiger charge is -2.01. The summed E-state index contributed by atoms with van der Waals surface area (Å²) in [5.41, 5.74) is 3.53. The average Bonchev–Trinajstić information content (AvgIpc) is 2.79. The number of halogens is 1. The lowest BCUT2D eigenvalue weighted by Crippen LogP contribution is -1.93. The van der Waals surface area contributed by atoms with Crippen molar-refractivity contribution in [3.8, 4) is 17.3 Å². The molecule has 3 heterocycles. The minimum atomic E-state index is 0.315. The molecule has 5 heteroatoms. The summed E-state index contributed by atoms with van der Waals surface area (Å²) in [4.78, 5) is 8.61. The molecule has 4 nitrogen and oxygen atoms in total. The molecule has 0 aliphatic carbocycles. The van der Waals surface area contributed by atoms with Crippen LogP contribution in [-0.2, 0) is 6.42 Å². The Morgan fingerprint density at radius 3 is 2.74 bits per heavy atom. The van der Waals surface area contributed by atoms with Gasteiger partial charge < -0.3 is 4.40 Å². The molecule has 0 aliphatic heterocycles. The van der Waals surface area contributed by atoms with E-state index >= 15 is 0 Å². The Bertz CT molecular complexity index is 771. The number of hydrogen-bond acceptors (Lipinski definition) is 3. The molecule has 0 N–H and O–H groups in total. The Balaban J connectivity index is 2.30. The Labute approximate surface area is 118 Å². The molecule has 0 saturated carbocycles. The van der Waals surface area contributed by atoms with Crippen molar-refractivity contribution in [3.63, 3.8) is 0 Å². The van der Waals surface area contributed by atoms with Crippen LogP contribution >= 0.6 is 15.9 Å². The van der Waals surface area contributed by atoms with Crippen LogP contribution in [0.4, 0.5) is 0 Å². The summed E-state index contributed by atoms with van der Waals surface area (Å²) in [6, 6.07) is 9.87. The summed E-state index contributed by atoms with van der Waals surface area (Å²) < 4.78 is 2.90. The predicted molar refractivity (Wildman–Crippen MR) is 75.4 cm³/mol. The Kier molecular flexibility index (Phi) is 3.02. The molecule has 0 spiro atoms. The van der Waals surface area contributed by atoms with Crippen molar-refractivity contribution < 1.29 is 0 Å². The standard InChI is InChI=1S/C14H9BrN4/c15-11-1-2-13-18-14(10-4-7-17-8-5-10)12(3-6-16)19(13)9-11/h1-2,4-5,7-9H,3H2. The average molecular weight is 313 g/mol. The molecular formula is C14H9BrN4. The van der Waals surface area contributed by atoms with Crippen molar-refractivity contribution in [3.05, 3.63) is 53.0 Å². The molecular weight excluding hydrogens is 304 g/mol. The highest BCUT2D eigenvalue weighted by Crippen LogP contribution is 2.25. The van der Waals surface area contributed by atoms with Gasteiger partial charge in [0.25, 0.3) is 0 Å². The van der Waals surface area contributed by atoms with Crippen LogP contribution in [0.5, 0.6) is 0 Å². The van der Waals surface area contributed by atoms with E-state index in [1.165, 1.54) is 0 Å². The molecule has 0 radical (unpaired) electrons. The van der Waals surface area contributed by atoms with Gasteiger partial charge in [-0.3, -0.25) is 4.98 Å². The molecule has 0 aliphatic rings. The smallest absolute Gasteiger partial charge is 0.137 e. The van der Waals surface area contributed by atoms with E-state index in [1.807, 2.05) is 34.9 Å². The quantitative estimate of drug-likeness (QED) is 0.730. The number of pyridine rings is 2. The van der Waals surface area contributed by atoms with Gasteiger partial charge in [-0.15, -0.1) is 0 Å². The number of aromatic nitrogens is 3. The number of fused-ring (bicyclic) bond motifs is 1. The molecule has 0 bridgehead atoms. The van der Waals surface area contributed by atoms with Crippen LogP contribution in [-0.4, -0.2) is 14.4 Å². The van der Waals surface area contributed by atoms with E-state index in [0.29, 0.717) is 6.42 Å². The van der Waals surface area contributed by atoms with E-state index in [1.54, 1.807) is 12.4 Å². The third-order valence-electron chi connectivity index (χ3n) is 2.88. The summed E-state index contributed by atoms with van der Waals surface area (Å²) in [6.07, 6.45) is 5.70. The SMILES string of the molecule is N#CCc1c(-c2ccncc2)nc2ccc(Br)cn12. The molecule has 3 aromatic rings. The number of hydrogen-bond donors (Lipinski definition) is 0. The number of nitriles is 1. The van der Waals surface area contributed by atoms with Crippen LogP contribution in [0.15, 0.2) is 47.3 Å². The zero-order valence-corrected chi connectivity index (χ0v) is 11.5. The van der Waals surface area contributed by atoms with Gasteiger partial charge in [-0.25, -0.2) is 4.98 Å². The molecule has 0 atom stereocenters. The molecule has 0 amide bonds. The lowest BCUT2D eigenvalue weighted by molar-refractivity contribution is 1.05. The molecule has 0 saturated heterocycles. The molecule has 19 heavy (non-hydrogen) atoms. The van der Waals surface area contributed by atoms with E-state index < -0.39 is 0 Å². The normalized spacial score (nSPS) is 10.5. The fourth-order valence-electron chi connectivity index (χ4n) is 2.05. The predicted octanol–water partition coefficient (Wildman–Crippen LogP) is 3.22. The summed E-state index contributed by atoms with van der Waals surface area (Å²) >= 11 is 3.44. The summed E-state index contributed by atoms with van der Waals surface area (Å²) in [5.74, 6) is 0. The molecule has 0 unspecified atom stereocenters. The third kappa shape index (κ3) is 2.11. The largest absolute Gasteiger partial charge is 0.301 e. The van der Waals surface area contributed by atoms with Crippen LogP contribution in [0.25, 0.3) is 16.9 Å². The van der Waals surface area contributed by atoms with Crippen molar-refractivity contribution in [2.75, 3.05) is 0 Å². The Hall–Kier alpha value is -2.19. The van der Waals surface area contributed by atoms with Crippen LogP contribution in [0, 0.1) is 11.3 Å². The maximum atomic E-state index is 9.02. The number of rotatable bonds is 2. The van der Waals surface area contributed by atoms with Gasteiger partial charge in [0.1, 0.15) is 5.65 Å². The minimum Gasteiger partial charge on any atom is -0.301 e. The molecule has 3 rings (SSSR count). The Morgan fingerprint density at radius 2 is 2.00 bits per heavy atom. The highest BCUT2D eigenvalue weighted by molar-refractivity contribution is 9.10. The number of imidazole rings is 1. The van der Waals surface area contributed by atoms with Crippen molar-refractivity contribution >= 4 is 21.6 Å². The number of nitrogens with zero attached hydrogens (tertiary/aromatic N) is 4. The second-order valence-electron chi connectivity index (χ2n) is 4.05. The monoisotopic (exact) mass is 312 g/mol. The van der Waals surface area contributed by atoms with Gasteiger partial charge in [0.15, 0.2) is 0 Å². The third-order valence-corrected chi connectivity index (χ3v) is 3.35. The maximum Gasteiger partial charge on any atom is 0.137 e.